The smallest absolute Gasteiger partial charge is 0.266 e. The van der Waals surface area contributed by atoms with E-state index in [9.17, 15) is 4.79 Å². The van der Waals surface area contributed by atoms with Crippen LogP contribution >= 0.6 is 11.3 Å². The molecule has 0 atom stereocenters. The maximum Gasteiger partial charge on any atom is 0.266 e. The lowest BCUT2D eigenvalue weighted by Gasteiger charge is -2.11. The topological polar surface area (TPSA) is 84.1 Å². The monoisotopic (exact) mass is 339 g/mol. The van der Waals surface area contributed by atoms with Crippen molar-refractivity contribution in [3.63, 3.8) is 0 Å². The van der Waals surface area contributed by atoms with Gasteiger partial charge in [0.2, 0.25) is 0 Å². The Labute approximate surface area is 143 Å². The van der Waals surface area contributed by atoms with Crippen LogP contribution in [0.4, 0.5) is 5.13 Å². The van der Waals surface area contributed by atoms with Crippen LogP contribution in [0.1, 0.15) is 23.2 Å². The SMILES string of the molecule is NNC(=O)c1cc(-c2ccccc2)nc2nc(N3CCCC3)sc12. The zero-order valence-corrected chi connectivity index (χ0v) is 13.8. The van der Waals surface area contributed by atoms with Crippen LogP contribution in [-0.2, 0) is 0 Å². The first-order valence-corrected chi connectivity index (χ1v) is 8.71. The lowest BCUT2D eigenvalue weighted by atomic mass is 10.1. The molecule has 24 heavy (non-hydrogen) atoms. The first-order chi connectivity index (χ1) is 11.8. The van der Waals surface area contributed by atoms with Gasteiger partial charge in [0.25, 0.3) is 5.91 Å². The molecule has 0 unspecified atom stereocenters. The molecule has 0 bridgehead atoms. The Morgan fingerprint density at radius 3 is 2.62 bits per heavy atom. The maximum atomic E-state index is 12.2. The van der Waals surface area contributed by atoms with Crippen LogP contribution in [0.15, 0.2) is 36.4 Å². The number of hydrazine groups is 1. The second-order valence-electron chi connectivity index (χ2n) is 5.74. The quantitative estimate of drug-likeness (QED) is 0.435. The van der Waals surface area contributed by atoms with Gasteiger partial charge in [-0.15, -0.1) is 0 Å². The van der Waals surface area contributed by atoms with E-state index >= 15 is 0 Å². The number of amides is 1. The average Bonchev–Trinajstić information content (AvgIpc) is 3.29. The number of carbonyl (C=O) groups is 1. The Bertz CT molecular complexity index is 887. The number of nitrogens with zero attached hydrogens (tertiary/aromatic N) is 3. The van der Waals surface area contributed by atoms with E-state index in [1.807, 2.05) is 30.3 Å². The summed E-state index contributed by atoms with van der Waals surface area (Å²) in [4.78, 5) is 23.8. The van der Waals surface area contributed by atoms with Crippen LogP contribution in [-0.4, -0.2) is 29.0 Å². The summed E-state index contributed by atoms with van der Waals surface area (Å²) in [6.07, 6.45) is 2.35. The maximum absolute atomic E-state index is 12.2. The van der Waals surface area contributed by atoms with Crippen molar-refractivity contribution >= 4 is 32.7 Å². The van der Waals surface area contributed by atoms with E-state index in [4.69, 9.17) is 5.84 Å². The predicted molar refractivity (Wildman–Crippen MR) is 96.0 cm³/mol. The minimum Gasteiger partial charge on any atom is -0.348 e. The van der Waals surface area contributed by atoms with Gasteiger partial charge < -0.3 is 4.90 Å². The van der Waals surface area contributed by atoms with Crippen LogP contribution in [0.25, 0.3) is 21.6 Å². The largest absolute Gasteiger partial charge is 0.348 e. The molecule has 1 saturated heterocycles. The Kier molecular flexibility index (Phi) is 3.87. The van der Waals surface area contributed by atoms with Crippen molar-refractivity contribution in [2.75, 3.05) is 18.0 Å². The van der Waals surface area contributed by atoms with E-state index in [0.29, 0.717) is 11.2 Å². The molecule has 2 aromatic heterocycles. The summed E-state index contributed by atoms with van der Waals surface area (Å²) < 4.78 is 0.777. The van der Waals surface area contributed by atoms with Crippen molar-refractivity contribution in [3.05, 3.63) is 42.0 Å². The third-order valence-electron chi connectivity index (χ3n) is 4.17. The molecule has 3 heterocycles. The number of nitrogens with one attached hydrogen (secondary N) is 1. The van der Waals surface area contributed by atoms with Crippen LogP contribution < -0.4 is 16.2 Å². The van der Waals surface area contributed by atoms with Crippen molar-refractivity contribution in [1.29, 1.82) is 0 Å². The molecule has 0 spiro atoms. The van der Waals surface area contributed by atoms with E-state index in [0.717, 1.165) is 34.2 Å². The number of hydrogen-bond acceptors (Lipinski definition) is 6. The fraction of sp³-hybridized carbons (Fsp3) is 0.235. The lowest BCUT2D eigenvalue weighted by Crippen LogP contribution is -2.30. The van der Waals surface area contributed by atoms with Gasteiger partial charge in [-0.2, -0.15) is 4.98 Å². The van der Waals surface area contributed by atoms with Crippen molar-refractivity contribution in [1.82, 2.24) is 15.4 Å². The number of fused-ring (bicyclic) bond motifs is 1. The molecule has 1 aromatic carbocycles. The van der Waals surface area contributed by atoms with Crippen molar-refractivity contribution < 1.29 is 4.79 Å². The van der Waals surface area contributed by atoms with Crippen LogP contribution in [0.5, 0.6) is 0 Å². The minimum atomic E-state index is -0.323. The molecule has 1 fully saturated rings. The van der Waals surface area contributed by atoms with E-state index in [2.05, 4.69) is 20.3 Å². The average molecular weight is 339 g/mol. The van der Waals surface area contributed by atoms with E-state index in [1.165, 1.54) is 24.2 Å². The summed E-state index contributed by atoms with van der Waals surface area (Å²) in [5.74, 6) is 5.04. The third kappa shape index (κ3) is 2.61. The van der Waals surface area contributed by atoms with E-state index < -0.39 is 0 Å². The Balaban J connectivity index is 1.89. The highest BCUT2D eigenvalue weighted by atomic mass is 32.1. The van der Waals surface area contributed by atoms with Crippen molar-refractivity contribution in [2.45, 2.75) is 12.8 Å². The highest BCUT2D eigenvalue weighted by molar-refractivity contribution is 7.22. The van der Waals surface area contributed by atoms with Gasteiger partial charge in [-0.1, -0.05) is 41.7 Å². The molecule has 1 amide bonds. The number of pyridine rings is 1. The number of anilines is 1. The highest BCUT2D eigenvalue weighted by Gasteiger charge is 2.21. The molecule has 122 valence electrons. The number of rotatable bonds is 3. The zero-order chi connectivity index (χ0) is 16.5. The van der Waals surface area contributed by atoms with E-state index in [1.54, 1.807) is 6.07 Å². The summed E-state index contributed by atoms with van der Waals surface area (Å²) in [6.45, 7) is 2.01. The zero-order valence-electron chi connectivity index (χ0n) is 13.0. The summed E-state index contributed by atoms with van der Waals surface area (Å²) in [6, 6.07) is 11.6. The summed E-state index contributed by atoms with van der Waals surface area (Å²) in [5.41, 5.74) is 5.01. The molecule has 6 nitrogen and oxygen atoms in total. The van der Waals surface area contributed by atoms with E-state index in [-0.39, 0.29) is 5.91 Å². The van der Waals surface area contributed by atoms with Gasteiger partial charge in [0.1, 0.15) is 0 Å². The standard InChI is InChI=1S/C17H17N5OS/c18-21-16(23)12-10-13(11-6-2-1-3-7-11)19-15-14(12)24-17(20-15)22-8-4-5-9-22/h1-3,6-7,10H,4-5,8-9,18H2,(H,21,23). The normalized spacial score (nSPS) is 14.3. The molecule has 4 rings (SSSR count). The number of carbonyl (C=O) groups excluding carboxylic acids is 1. The predicted octanol–water partition coefficient (Wildman–Crippen LogP) is 2.56. The van der Waals surface area contributed by atoms with Crippen LogP contribution in [0.3, 0.4) is 0 Å². The number of nitrogen functional groups attached to an aromatic ring is 1. The van der Waals surface area contributed by atoms with Gasteiger partial charge in [0.15, 0.2) is 10.8 Å². The molecule has 3 aromatic rings. The van der Waals surface area contributed by atoms with Crippen LogP contribution in [0.2, 0.25) is 0 Å². The Morgan fingerprint density at radius 2 is 1.92 bits per heavy atom. The van der Waals surface area contributed by atoms with Crippen molar-refractivity contribution in [3.8, 4) is 11.3 Å². The summed E-state index contributed by atoms with van der Waals surface area (Å²) in [7, 11) is 0. The number of hydrogen-bond donors (Lipinski definition) is 2. The number of nitrogens with two attached hydrogens (primary N) is 1. The molecule has 1 aliphatic heterocycles. The fourth-order valence-corrected chi connectivity index (χ4v) is 4.02. The fourth-order valence-electron chi connectivity index (χ4n) is 2.95. The Morgan fingerprint density at radius 1 is 1.17 bits per heavy atom. The lowest BCUT2D eigenvalue weighted by molar-refractivity contribution is 0.0955. The molecule has 0 saturated carbocycles. The number of thiazole rings is 1. The molecule has 0 radical (unpaired) electrons. The minimum absolute atomic E-state index is 0.323. The second kappa shape index (κ2) is 6.18. The van der Waals surface area contributed by atoms with Gasteiger partial charge in [-0.25, -0.2) is 10.8 Å². The first-order valence-electron chi connectivity index (χ1n) is 7.89. The van der Waals surface area contributed by atoms with Gasteiger partial charge in [-0.05, 0) is 18.9 Å². The molecule has 0 aliphatic carbocycles. The molecular weight excluding hydrogens is 322 g/mol. The van der Waals surface area contributed by atoms with Gasteiger partial charge >= 0.3 is 0 Å². The van der Waals surface area contributed by atoms with Gasteiger partial charge in [0, 0.05) is 18.7 Å². The number of aromatic nitrogens is 2. The first kappa shape index (κ1) is 15.0. The highest BCUT2D eigenvalue weighted by Crippen LogP contribution is 2.34. The number of benzene rings is 1. The summed E-state index contributed by atoms with van der Waals surface area (Å²) in [5, 5.41) is 0.922. The third-order valence-corrected chi connectivity index (χ3v) is 5.31. The van der Waals surface area contributed by atoms with Gasteiger partial charge in [0.05, 0.1) is 16.0 Å². The van der Waals surface area contributed by atoms with Crippen molar-refractivity contribution in [2.24, 2.45) is 5.84 Å². The summed E-state index contributed by atoms with van der Waals surface area (Å²) >= 11 is 1.50. The molecule has 3 N–H and O–H groups in total. The Hall–Kier alpha value is -2.51. The van der Waals surface area contributed by atoms with Gasteiger partial charge in [-0.3, -0.25) is 10.2 Å². The second-order valence-corrected chi connectivity index (χ2v) is 6.72. The molecule has 1 aliphatic rings. The van der Waals surface area contributed by atoms with Crippen LogP contribution in [0, 0.1) is 0 Å². The molecular formula is C17H17N5OS. The molecule has 7 heteroatoms.